The van der Waals surface area contributed by atoms with Crippen LogP contribution in [-0.4, -0.2) is 38.1 Å². The fourth-order valence-corrected chi connectivity index (χ4v) is 3.25. The summed E-state index contributed by atoms with van der Waals surface area (Å²) in [5, 5.41) is 12.0. The fraction of sp³-hybridized carbons (Fsp3) is 0.462. The van der Waals surface area contributed by atoms with Gasteiger partial charge in [0, 0.05) is 19.1 Å². The lowest BCUT2D eigenvalue weighted by Crippen LogP contribution is -2.44. The number of nitrogens with one attached hydrogen (secondary N) is 1. The van der Waals surface area contributed by atoms with Gasteiger partial charge < -0.3 is 5.32 Å². The molecule has 1 aliphatic heterocycles. The number of nitriles is 1. The van der Waals surface area contributed by atoms with E-state index >= 15 is 0 Å². The molecule has 0 saturated carbocycles. The zero-order chi connectivity index (χ0) is 14.8. The standard InChI is InChI=1S/C13H16FN3O2S/c1-20(18,19)17-7-3-4-10(9-17)16-13-6-2-5-12(14)11(13)8-15/h2,5-6,10,16H,3-4,7,9H2,1H3/t10-/m1/s1. The Bertz CT molecular complexity index is 640. The Balaban J connectivity index is 2.15. The molecule has 0 unspecified atom stereocenters. The molecule has 1 atom stereocenters. The lowest BCUT2D eigenvalue weighted by atomic mass is 10.1. The van der Waals surface area contributed by atoms with Gasteiger partial charge in [-0.05, 0) is 25.0 Å². The van der Waals surface area contributed by atoms with Gasteiger partial charge in [-0.25, -0.2) is 17.1 Å². The molecule has 0 spiro atoms. The van der Waals surface area contributed by atoms with Crippen molar-refractivity contribution in [3.8, 4) is 6.07 Å². The first-order valence-electron chi connectivity index (χ1n) is 6.32. The minimum absolute atomic E-state index is 0.0380. The summed E-state index contributed by atoms with van der Waals surface area (Å²) in [6.07, 6.45) is 2.70. The van der Waals surface area contributed by atoms with Gasteiger partial charge in [-0.3, -0.25) is 0 Å². The second-order valence-electron chi connectivity index (χ2n) is 4.88. The molecule has 20 heavy (non-hydrogen) atoms. The van der Waals surface area contributed by atoms with Gasteiger partial charge in [-0.1, -0.05) is 6.07 Å². The Morgan fingerprint density at radius 1 is 1.50 bits per heavy atom. The predicted octanol–water partition coefficient (Wildman–Crippen LogP) is 1.53. The molecule has 1 fully saturated rings. The van der Waals surface area contributed by atoms with E-state index < -0.39 is 15.8 Å². The van der Waals surface area contributed by atoms with Crippen LogP contribution in [0.1, 0.15) is 18.4 Å². The van der Waals surface area contributed by atoms with Crippen LogP contribution in [0.5, 0.6) is 0 Å². The number of hydrogen-bond donors (Lipinski definition) is 1. The molecule has 1 saturated heterocycles. The lowest BCUT2D eigenvalue weighted by Gasteiger charge is -2.32. The Morgan fingerprint density at radius 3 is 2.90 bits per heavy atom. The monoisotopic (exact) mass is 297 g/mol. The SMILES string of the molecule is CS(=O)(=O)N1CCC[C@@H](Nc2cccc(F)c2C#N)C1. The van der Waals surface area contributed by atoms with E-state index in [4.69, 9.17) is 5.26 Å². The van der Waals surface area contributed by atoms with Crippen LogP contribution in [0.15, 0.2) is 18.2 Å². The topological polar surface area (TPSA) is 73.2 Å². The molecule has 7 heteroatoms. The minimum Gasteiger partial charge on any atom is -0.380 e. The third-order valence-electron chi connectivity index (χ3n) is 3.34. The number of hydrogen-bond acceptors (Lipinski definition) is 4. The lowest BCUT2D eigenvalue weighted by molar-refractivity contribution is 0.329. The van der Waals surface area contributed by atoms with E-state index in [-0.39, 0.29) is 11.6 Å². The second-order valence-corrected chi connectivity index (χ2v) is 6.86. The van der Waals surface area contributed by atoms with Gasteiger partial charge in [0.1, 0.15) is 17.4 Å². The molecule has 0 aromatic heterocycles. The fourth-order valence-electron chi connectivity index (χ4n) is 2.34. The van der Waals surface area contributed by atoms with Gasteiger partial charge in [0.25, 0.3) is 0 Å². The maximum absolute atomic E-state index is 13.5. The molecule has 0 bridgehead atoms. The van der Waals surface area contributed by atoms with Crippen molar-refractivity contribution in [2.24, 2.45) is 0 Å². The van der Waals surface area contributed by atoms with Crippen LogP contribution in [0.4, 0.5) is 10.1 Å². The van der Waals surface area contributed by atoms with Crippen LogP contribution in [0.3, 0.4) is 0 Å². The first-order valence-corrected chi connectivity index (χ1v) is 8.17. The molecular weight excluding hydrogens is 281 g/mol. The highest BCUT2D eigenvalue weighted by atomic mass is 32.2. The van der Waals surface area contributed by atoms with Crippen molar-refractivity contribution in [2.45, 2.75) is 18.9 Å². The van der Waals surface area contributed by atoms with Crippen LogP contribution < -0.4 is 5.32 Å². The van der Waals surface area contributed by atoms with E-state index in [0.717, 1.165) is 12.8 Å². The van der Waals surface area contributed by atoms with Crippen LogP contribution in [-0.2, 0) is 10.0 Å². The molecule has 1 heterocycles. The number of rotatable bonds is 3. The summed E-state index contributed by atoms with van der Waals surface area (Å²) in [4.78, 5) is 0. The summed E-state index contributed by atoms with van der Waals surface area (Å²) in [7, 11) is -3.22. The van der Waals surface area contributed by atoms with Crippen molar-refractivity contribution in [2.75, 3.05) is 24.7 Å². The summed E-state index contributed by atoms with van der Waals surface area (Å²) in [6, 6.07) is 6.09. The molecule has 108 valence electrons. The largest absolute Gasteiger partial charge is 0.380 e. The second kappa shape index (κ2) is 5.77. The van der Waals surface area contributed by atoms with Crippen LogP contribution in [0.25, 0.3) is 0 Å². The molecule has 5 nitrogen and oxygen atoms in total. The van der Waals surface area contributed by atoms with Crippen molar-refractivity contribution >= 4 is 15.7 Å². The maximum Gasteiger partial charge on any atom is 0.211 e. The summed E-state index contributed by atoms with van der Waals surface area (Å²) in [5.41, 5.74) is 0.372. The van der Waals surface area contributed by atoms with Crippen molar-refractivity contribution in [3.63, 3.8) is 0 Å². The third kappa shape index (κ3) is 3.26. The number of benzene rings is 1. The molecule has 1 aromatic carbocycles. The molecule has 2 rings (SSSR count). The van der Waals surface area contributed by atoms with E-state index in [1.165, 1.54) is 22.7 Å². The number of halogens is 1. The quantitative estimate of drug-likeness (QED) is 0.918. The molecule has 1 N–H and O–H groups in total. The zero-order valence-corrected chi connectivity index (χ0v) is 12.0. The van der Waals surface area contributed by atoms with Crippen molar-refractivity contribution in [1.82, 2.24) is 4.31 Å². The van der Waals surface area contributed by atoms with Crippen LogP contribution >= 0.6 is 0 Å². The third-order valence-corrected chi connectivity index (χ3v) is 4.61. The van der Waals surface area contributed by atoms with E-state index in [9.17, 15) is 12.8 Å². The first-order chi connectivity index (χ1) is 9.41. The van der Waals surface area contributed by atoms with Gasteiger partial charge in [0.05, 0.1) is 11.9 Å². The summed E-state index contributed by atoms with van der Waals surface area (Å²) >= 11 is 0. The van der Waals surface area contributed by atoms with Crippen molar-refractivity contribution in [1.29, 1.82) is 5.26 Å². The average molecular weight is 297 g/mol. The summed E-state index contributed by atoms with van der Waals surface area (Å²) < 4.78 is 38.0. The number of nitrogens with zero attached hydrogens (tertiary/aromatic N) is 2. The number of anilines is 1. The van der Waals surface area contributed by atoms with Gasteiger partial charge in [0.2, 0.25) is 10.0 Å². The highest BCUT2D eigenvalue weighted by Crippen LogP contribution is 2.22. The first kappa shape index (κ1) is 14.8. The zero-order valence-electron chi connectivity index (χ0n) is 11.1. The molecule has 0 radical (unpaired) electrons. The van der Waals surface area contributed by atoms with Gasteiger partial charge in [-0.15, -0.1) is 0 Å². The van der Waals surface area contributed by atoms with Crippen LogP contribution in [0, 0.1) is 17.1 Å². The van der Waals surface area contributed by atoms with E-state index in [1.54, 1.807) is 6.07 Å². The van der Waals surface area contributed by atoms with E-state index in [2.05, 4.69) is 5.32 Å². The predicted molar refractivity (Wildman–Crippen MR) is 74.2 cm³/mol. The average Bonchev–Trinajstić information content (AvgIpc) is 2.38. The van der Waals surface area contributed by atoms with E-state index in [0.29, 0.717) is 18.8 Å². The summed E-state index contributed by atoms with van der Waals surface area (Å²) in [6.45, 7) is 0.839. The highest BCUT2D eigenvalue weighted by molar-refractivity contribution is 7.88. The smallest absolute Gasteiger partial charge is 0.211 e. The molecular formula is C13H16FN3O2S. The van der Waals surface area contributed by atoms with Gasteiger partial charge >= 0.3 is 0 Å². The Hall–Kier alpha value is -1.65. The Labute approximate surface area is 118 Å². The molecule has 0 amide bonds. The number of piperidine rings is 1. The van der Waals surface area contributed by atoms with E-state index in [1.807, 2.05) is 6.07 Å². The number of sulfonamides is 1. The highest BCUT2D eigenvalue weighted by Gasteiger charge is 2.26. The normalized spacial score (nSPS) is 20.4. The van der Waals surface area contributed by atoms with Gasteiger partial charge in [0.15, 0.2) is 0 Å². The van der Waals surface area contributed by atoms with Gasteiger partial charge in [-0.2, -0.15) is 5.26 Å². The molecule has 0 aliphatic carbocycles. The van der Waals surface area contributed by atoms with Crippen molar-refractivity contribution < 1.29 is 12.8 Å². The van der Waals surface area contributed by atoms with Crippen LogP contribution in [0.2, 0.25) is 0 Å². The Kier molecular flexibility index (Phi) is 4.26. The maximum atomic E-state index is 13.5. The molecule has 1 aliphatic rings. The summed E-state index contributed by atoms with van der Waals surface area (Å²) in [5.74, 6) is -0.576. The van der Waals surface area contributed by atoms with Crippen molar-refractivity contribution in [3.05, 3.63) is 29.6 Å². The Morgan fingerprint density at radius 2 is 2.25 bits per heavy atom. The minimum atomic E-state index is -3.22. The molecule has 1 aromatic rings.